The lowest BCUT2D eigenvalue weighted by molar-refractivity contribution is 0.0937. The number of allylic oxidation sites excluding steroid dienone is 2. The molecule has 2 aliphatic rings. The van der Waals surface area contributed by atoms with Gasteiger partial charge in [-0.1, -0.05) is 54.1 Å². The Bertz CT molecular complexity index is 874. The number of hydrogen-bond donors (Lipinski definition) is 2. The summed E-state index contributed by atoms with van der Waals surface area (Å²) in [6.45, 7) is 3.14. The van der Waals surface area contributed by atoms with Crippen LogP contribution in [0.5, 0.6) is 0 Å². The Morgan fingerprint density at radius 1 is 1.26 bits per heavy atom. The van der Waals surface area contributed by atoms with E-state index in [1.54, 1.807) is 7.11 Å². The third kappa shape index (κ3) is 3.37. The molecule has 0 saturated carbocycles. The molecule has 0 saturated heterocycles. The van der Waals surface area contributed by atoms with Crippen LogP contribution < -0.4 is 10.6 Å². The molecule has 4 rings (SSSR count). The van der Waals surface area contributed by atoms with Gasteiger partial charge in [0.1, 0.15) is 0 Å². The van der Waals surface area contributed by atoms with Crippen molar-refractivity contribution in [3.8, 4) is 0 Å². The van der Waals surface area contributed by atoms with Crippen molar-refractivity contribution in [2.75, 3.05) is 25.6 Å². The lowest BCUT2D eigenvalue weighted by Crippen LogP contribution is -2.33. The number of methoxy groups -OCH3 is 1. The third-order valence-electron chi connectivity index (χ3n) is 5.63. The van der Waals surface area contributed by atoms with Crippen molar-refractivity contribution in [2.24, 2.45) is 5.92 Å². The highest BCUT2D eigenvalue weighted by Gasteiger charge is 2.39. The molecule has 3 atom stereocenters. The summed E-state index contributed by atoms with van der Waals surface area (Å²) in [5.41, 5.74) is 5.44. The van der Waals surface area contributed by atoms with Crippen LogP contribution in [-0.4, -0.2) is 26.2 Å². The van der Waals surface area contributed by atoms with Crippen molar-refractivity contribution in [2.45, 2.75) is 25.3 Å². The van der Waals surface area contributed by atoms with Crippen LogP contribution in [0.25, 0.3) is 0 Å². The fourth-order valence-electron chi connectivity index (χ4n) is 4.37. The lowest BCUT2D eigenvalue weighted by atomic mass is 9.76. The average Bonchev–Trinajstić information content (AvgIpc) is 3.17. The first kappa shape index (κ1) is 17.8. The topological polar surface area (TPSA) is 50.4 Å². The van der Waals surface area contributed by atoms with Gasteiger partial charge in [-0.05, 0) is 36.5 Å². The summed E-state index contributed by atoms with van der Waals surface area (Å²) in [6.07, 6.45) is 5.64. The number of rotatable bonds is 5. The molecular weight excluding hydrogens is 336 g/mol. The fourth-order valence-corrected chi connectivity index (χ4v) is 4.37. The van der Waals surface area contributed by atoms with E-state index in [2.05, 4.69) is 60.0 Å². The van der Waals surface area contributed by atoms with E-state index < -0.39 is 0 Å². The highest BCUT2D eigenvalue weighted by Crippen LogP contribution is 2.50. The number of nitrogens with one attached hydrogen (secondary N) is 2. The van der Waals surface area contributed by atoms with E-state index in [1.807, 2.05) is 12.1 Å². The predicted octanol–water partition coefficient (Wildman–Crippen LogP) is 4.20. The third-order valence-corrected chi connectivity index (χ3v) is 5.63. The maximum absolute atomic E-state index is 12.8. The monoisotopic (exact) mass is 362 g/mol. The Hall–Kier alpha value is -2.59. The van der Waals surface area contributed by atoms with Crippen molar-refractivity contribution >= 4 is 11.6 Å². The number of anilines is 1. The first-order chi connectivity index (χ1) is 13.2. The molecule has 1 aliphatic carbocycles. The van der Waals surface area contributed by atoms with Crippen LogP contribution in [0.2, 0.25) is 0 Å². The molecule has 2 aromatic carbocycles. The van der Waals surface area contributed by atoms with Gasteiger partial charge in [0.15, 0.2) is 0 Å². The van der Waals surface area contributed by atoms with Crippen molar-refractivity contribution in [1.29, 1.82) is 0 Å². The van der Waals surface area contributed by atoms with Gasteiger partial charge in [0.05, 0.1) is 23.9 Å². The second-order valence-corrected chi connectivity index (χ2v) is 7.41. The number of benzene rings is 2. The summed E-state index contributed by atoms with van der Waals surface area (Å²) in [5.74, 6) is 0.768. The second kappa shape index (κ2) is 7.57. The van der Waals surface area contributed by atoms with E-state index in [-0.39, 0.29) is 11.9 Å². The number of carbonyl (C=O) groups excluding carboxylic acids is 1. The molecule has 0 bridgehead atoms. The van der Waals surface area contributed by atoms with Gasteiger partial charge < -0.3 is 15.4 Å². The van der Waals surface area contributed by atoms with E-state index in [1.165, 1.54) is 16.7 Å². The Morgan fingerprint density at radius 2 is 2.11 bits per heavy atom. The molecule has 3 unspecified atom stereocenters. The van der Waals surface area contributed by atoms with Gasteiger partial charge in [-0.25, -0.2) is 0 Å². The molecule has 4 nitrogen and oxygen atoms in total. The molecule has 2 N–H and O–H groups in total. The smallest absolute Gasteiger partial charge is 0.253 e. The quantitative estimate of drug-likeness (QED) is 0.619. The molecule has 1 aliphatic heterocycles. The molecule has 1 heterocycles. The van der Waals surface area contributed by atoms with E-state index in [9.17, 15) is 4.79 Å². The second-order valence-electron chi connectivity index (χ2n) is 7.41. The molecule has 2 aromatic rings. The van der Waals surface area contributed by atoms with Crippen LogP contribution in [0.15, 0.2) is 54.6 Å². The van der Waals surface area contributed by atoms with E-state index in [0.717, 1.165) is 12.1 Å². The Morgan fingerprint density at radius 3 is 2.93 bits per heavy atom. The summed E-state index contributed by atoms with van der Waals surface area (Å²) >= 11 is 0. The van der Waals surface area contributed by atoms with Gasteiger partial charge in [0, 0.05) is 19.6 Å². The number of carbonyl (C=O) groups is 1. The van der Waals surface area contributed by atoms with Crippen molar-refractivity contribution < 1.29 is 9.53 Å². The number of fused-ring (bicyclic) bond motifs is 3. The first-order valence-electron chi connectivity index (χ1n) is 9.59. The number of aryl methyl sites for hydroxylation is 1. The number of para-hydroxylation sites is 1. The van der Waals surface area contributed by atoms with E-state index in [0.29, 0.717) is 30.6 Å². The molecule has 4 heteroatoms. The first-order valence-corrected chi connectivity index (χ1v) is 9.59. The van der Waals surface area contributed by atoms with Crippen molar-refractivity contribution in [3.63, 3.8) is 0 Å². The number of ether oxygens (including phenoxy) is 1. The fraction of sp³-hybridized carbons (Fsp3) is 0.348. The SMILES string of the molecule is COCCNC(=O)c1cccc2c1NC(c1cccc(C)c1)C1CC=CC21. The molecular formula is C23H26N2O2. The molecule has 0 radical (unpaired) electrons. The van der Waals surface area contributed by atoms with Crippen molar-refractivity contribution in [1.82, 2.24) is 5.32 Å². The standard InChI is InChI=1S/C23H26N2O2/c1-15-6-3-7-16(14-15)21-18-9-4-8-17(18)19-10-5-11-20(22(19)25-21)23(26)24-12-13-27-2/h3-8,10-11,14,17-18,21,25H,9,12-13H2,1-2H3,(H,24,26). The normalized spacial score (nSPS) is 22.7. The van der Waals surface area contributed by atoms with Crippen LogP contribution in [0, 0.1) is 12.8 Å². The van der Waals surface area contributed by atoms with Crippen molar-refractivity contribution in [3.05, 3.63) is 76.9 Å². The molecule has 140 valence electrons. The van der Waals surface area contributed by atoms with Gasteiger partial charge in [0.2, 0.25) is 0 Å². The zero-order valence-corrected chi connectivity index (χ0v) is 15.9. The van der Waals surface area contributed by atoms with Crippen LogP contribution >= 0.6 is 0 Å². The van der Waals surface area contributed by atoms with E-state index >= 15 is 0 Å². The average molecular weight is 362 g/mol. The van der Waals surface area contributed by atoms with Crippen LogP contribution in [0.1, 0.15) is 45.4 Å². The Labute approximate surface area is 160 Å². The summed E-state index contributed by atoms with van der Waals surface area (Å²) in [7, 11) is 1.64. The van der Waals surface area contributed by atoms with Gasteiger partial charge in [-0.2, -0.15) is 0 Å². The maximum Gasteiger partial charge on any atom is 0.253 e. The summed E-state index contributed by atoms with van der Waals surface area (Å²) in [4.78, 5) is 12.8. The lowest BCUT2D eigenvalue weighted by Gasteiger charge is -2.38. The van der Waals surface area contributed by atoms with E-state index in [4.69, 9.17) is 4.74 Å². The molecule has 1 amide bonds. The molecule has 0 spiro atoms. The molecule has 0 fully saturated rings. The maximum atomic E-state index is 12.8. The molecule has 27 heavy (non-hydrogen) atoms. The van der Waals surface area contributed by atoms with Crippen LogP contribution in [0.4, 0.5) is 5.69 Å². The zero-order chi connectivity index (χ0) is 18.8. The minimum absolute atomic E-state index is 0.0557. The summed E-state index contributed by atoms with van der Waals surface area (Å²) < 4.78 is 5.04. The van der Waals surface area contributed by atoms with Crippen LogP contribution in [0.3, 0.4) is 0 Å². The number of amides is 1. The van der Waals surface area contributed by atoms with Gasteiger partial charge in [-0.3, -0.25) is 4.79 Å². The number of hydrogen-bond acceptors (Lipinski definition) is 3. The summed E-state index contributed by atoms with van der Waals surface area (Å²) in [5, 5.41) is 6.67. The Kier molecular flexibility index (Phi) is 4.99. The highest BCUT2D eigenvalue weighted by atomic mass is 16.5. The predicted molar refractivity (Wildman–Crippen MR) is 108 cm³/mol. The largest absolute Gasteiger partial charge is 0.383 e. The van der Waals surface area contributed by atoms with Crippen LogP contribution in [-0.2, 0) is 4.74 Å². The highest BCUT2D eigenvalue weighted by molar-refractivity contribution is 6.00. The minimum atomic E-state index is -0.0557. The van der Waals surface area contributed by atoms with Gasteiger partial charge in [0.25, 0.3) is 5.91 Å². The summed E-state index contributed by atoms with van der Waals surface area (Å²) in [6, 6.07) is 14.9. The molecule has 0 aromatic heterocycles. The minimum Gasteiger partial charge on any atom is -0.383 e. The van der Waals surface area contributed by atoms with Gasteiger partial charge in [-0.15, -0.1) is 0 Å². The Balaban J connectivity index is 1.71. The zero-order valence-electron chi connectivity index (χ0n) is 15.9. The van der Waals surface area contributed by atoms with Gasteiger partial charge >= 0.3 is 0 Å².